The summed E-state index contributed by atoms with van der Waals surface area (Å²) >= 11 is 4.00. The molecule has 0 saturated heterocycles. The van der Waals surface area contributed by atoms with E-state index in [4.69, 9.17) is 0 Å². The minimum Gasteiger partial charge on any atom is -0.325 e. The highest BCUT2D eigenvalue weighted by atomic mass is 127. The molecule has 6 heteroatoms. The number of amides is 2. The third-order valence-electron chi connectivity index (χ3n) is 1.70. The summed E-state index contributed by atoms with van der Waals surface area (Å²) in [6.45, 7) is 0. The van der Waals surface area contributed by atoms with Gasteiger partial charge in [-0.15, -0.1) is 0 Å². The molecule has 0 aromatic heterocycles. The smallest absolute Gasteiger partial charge is 0.234 e. The zero-order chi connectivity index (χ0) is 12.0. The van der Waals surface area contributed by atoms with Crippen LogP contribution in [0.4, 0.5) is 11.4 Å². The van der Waals surface area contributed by atoms with Crippen molar-refractivity contribution >= 4 is 68.4 Å². The predicted molar refractivity (Wildman–Crippen MR) is 81.5 cm³/mol. The van der Waals surface area contributed by atoms with Gasteiger partial charge in [0, 0.05) is 11.4 Å². The number of carbonyl (C=O) groups is 2. The van der Waals surface area contributed by atoms with Crippen LogP contribution >= 0.6 is 45.2 Å². The minimum absolute atomic E-state index is 0.0374. The van der Waals surface area contributed by atoms with Gasteiger partial charge < -0.3 is 10.6 Å². The van der Waals surface area contributed by atoms with E-state index >= 15 is 0 Å². The molecule has 0 unspecified atom stereocenters. The monoisotopic (exact) mass is 444 g/mol. The summed E-state index contributed by atoms with van der Waals surface area (Å²) in [5.74, 6) is -0.0747. The molecule has 0 heterocycles. The Labute approximate surface area is 121 Å². The average molecular weight is 444 g/mol. The number of carbonyl (C=O) groups excluding carboxylic acids is 2. The van der Waals surface area contributed by atoms with Gasteiger partial charge in [0.05, 0.1) is 8.86 Å². The van der Waals surface area contributed by atoms with Crippen LogP contribution in [0.5, 0.6) is 0 Å². The Balaban J connectivity index is 2.60. The lowest BCUT2D eigenvalue weighted by atomic mass is 10.3. The molecule has 0 aliphatic rings. The number of benzene rings is 1. The molecule has 0 spiro atoms. The number of hydrogen-bond donors (Lipinski definition) is 2. The molecule has 1 aromatic rings. The van der Waals surface area contributed by atoms with Crippen LogP contribution in [0.25, 0.3) is 0 Å². The highest BCUT2D eigenvalue weighted by Gasteiger charge is 2.01. The molecule has 0 bridgehead atoms. The molecule has 0 atom stereocenters. The summed E-state index contributed by atoms with van der Waals surface area (Å²) in [5.41, 5.74) is 1.46. The van der Waals surface area contributed by atoms with E-state index in [0.29, 0.717) is 8.86 Å². The number of hydrogen-bond acceptors (Lipinski definition) is 2. The van der Waals surface area contributed by atoms with Crippen LogP contribution in [0, 0.1) is 0 Å². The SMILES string of the molecule is O=C(CI)Nc1ccc(NC(=O)CI)cc1. The van der Waals surface area contributed by atoms with Crippen molar-refractivity contribution in [2.24, 2.45) is 0 Å². The first-order valence-corrected chi connectivity index (χ1v) is 7.52. The second-order valence-corrected chi connectivity index (χ2v) is 4.47. The van der Waals surface area contributed by atoms with E-state index in [1.165, 1.54) is 0 Å². The van der Waals surface area contributed by atoms with Crippen molar-refractivity contribution in [2.45, 2.75) is 0 Å². The standard InChI is InChI=1S/C10H10I2N2O2/c11-5-9(15)13-7-1-2-8(4-3-7)14-10(16)6-12/h1-4H,5-6H2,(H,13,15)(H,14,16). The molecular formula is C10H10I2N2O2. The van der Waals surface area contributed by atoms with E-state index in [0.717, 1.165) is 11.4 Å². The van der Waals surface area contributed by atoms with E-state index in [1.807, 2.05) is 45.2 Å². The predicted octanol–water partition coefficient (Wildman–Crippen LogP) is 2.43. The maximum atomic E-state index is 11.1. The Kier molecular flexibility index (Phi) is 6.03. The molecule has 2 amide bonds. The molecule has 0 aliphatic heterocycles. The van der Waals surface area contributed by atoms with Gasteiger partial charge in [0.2, 0.25) is 11.8 Å². The molecule has 1 rings (SSSR count). The molecular weight excluding hydrogens is 434 g/mol. The topological polar surface area (TPSA) is 58.2 Å². The van der Waals surface area contributed by atoms with E-state index in [9.17, 15) is 9.59 Å². The molecule has 2 N–H and O–H groups in total. The molecule has 86 valence electrons. The van der Waals surface area contributed by atoms with E-state index < -0.39 is 0 Å². The van der Waals surface area contributed by atoms with Crippen molar-refractivity contribution in [3.63, 3.8) is 0 Å². The lowest BCUT2D eigenvalue weighted by Crippen LogP contribution is -2.13. The van der Waals surface area contributed by atoms with Crippen LogP contribution in [0.3, 0.4) is 0 Å². The van der Waals surface area contributed by atoms with Gasteiger partial charge in [0.1, 0.15) is 0 Å². The molecule has 0 aliphatic carbocycles. The van der Waals surface area contributed by atoms with Crippen molar-refractivity contribution in [1.29, 1.82) is 0 Å². The summed E-state index contributed by atoms with van der Waals surface area (Å²) in [5, 5.41) is 5.45. The zero-order valence-electron chi connectivity index (χ0n) is 8.30. The van der Waals surface area contributed by atoms with Gasteiger partial charge in [0.25, 0.3) is 0 Å². The summed E-state index contributed by atoms with van der Waals surface area (Å²) in [6.07, 6.45) is 0. The average Bonchev–Trinajstić information content (AvgIpc) is 2.31. The fourth-order valence-corrected chi connectivity index (χ4v) is 1.41. The quantitative estimate of drug-likeness (QED) is 0.554. The largest absolute Gasteiger partial charge is 0.325 e. The maximum Gasteiger partial charge on any atom is 0.234 e. The van der Waals surface area contributed by atoms with Gasteiger partial charge in [-0.05, 0) is 24.3 Å². The summed E-state index contributed by atoms with van der Waals surface area (Å²) < 4.78 is 0.843. The first kappa shape index (κ1) is 13.7. The second kappa shape index (κ2) is 7.05. The molecule has 0 radical (unpaired) electrons. The Morgan fingerprint density at radius 1 is 0.875 bits per heavy atom. The van der Waals surface area contributed by atoms with Gasteiger partial charge in [0.15, 0.2) is 0 Å². The van der Waals surface area contributed by atoms with Gasteiger partial charge in [-0.1, -0.05) is 45.2 Å². The van der Waals surface area contributed by atoms with Crippen LogP contribution in [0.15, 0.2) is 24.3 Å². The van der Waals surface area contributed by atoms with E-state index in [1.54, 1.807) is 24.3 Å². The number of anilines is 2. The number of alkyl halides is 2. The highest BCUT2D eigenvalue weighted by molar-refractivity contribution is 14.1. The van der Waals surface area contributed by atoms with E-state index in [2.05, 4.69) is 10.6 Å². The normalized spacial score (nSPS) is 9.62. The summed E-state index contributed by atoms with van der Waals surface area (Å²) in [7, 11) is 0. The summed E-state index contributed by atoms with van der Waals surface area (Å²) in [6, 6.07) is 7.03. The van der Waals surface area contributed by atoms with Gasteiger partial charge in [-0.2, -0.15) is 0 Å². The van der Waals surface area contributed by atoms with Crippen molar-refractivity contribution in [2.75, 3.05) is 19.5 Å². The molecule has 4 nitrogen and oxygen atoms in total. The summed E-state index contributed by atoms with van der Waals surface area (Å²) in [4.78, 5) is 22.2. The lowest BCUT2D eigenvalue weighted by Gasteiger charge is -2.05. The fourth-order valence-electron chi connectivity index (χ4n) is 1.03. The minimum atomic E-state index is -0.0374. The number of rotatable bonds is 4. The van der Waals surface area contributed by atoms with Gasteiger partial charge in [-0.3, -0.25) is 9.59 Å². The third kappa shape index (κ3) is 4.64. The van der Waals surface area contributed by atoms with Crippen LogP contribution in [0.2, 0.25) is 0 Å². The Bertz CT molecular complexity index is 342. The van der Waals surface area contributed by atoms with Crippen LogP contribution in [-0.2, 0) is 9.59 Å². The van der Waals surface area contributed by atoms with Gasteiger partial charge in [-0.25, -0.2) is 0 Å². The van der Waals surface area contributed by atoms with Crippen LogP contribution < -0.4 is 10.6 Å². The Hall–Kier alpha value is -0.380. The molecule has 0 fully saturated rings. The highest BCUT2D eigenvalue weighted by Crippen LogP contribution is 2.13. The Morgan fingerprint density at radius 3 is 1.44 bits per heavy atom. The van der Waals surface area contributed by atoms with Crippen molar-refractivity contribution in [3.8, 4) is 0 Å². The van der Waals surface area contributed by atoms with Crippen LogP contribution in [0.1, 0.15) is 0 Å². The third-order valence-corrected chi connectivity index (χ3v) is 3.08. The number of nitrogens with one attached hydrogen (secondary N) is 2. The van der Waals surface area contributed by atoms with Crippen molar-refractivity contribution in [3.05, 3.63) is 24.3 Å². The van der Waals surface area contributed by atoms with Crippen molar-refractivity contribution < 1.29 is 9.59 Å². The first-order chi connectivity index (χ1) is 7.65. The van der Waals surface area contributed by atoms with E-state index in [-0.39, 0.29) is 11.8 Å². The molecule has 0 saturated carbocycles. The van der Waals surface area contributed by atoms with Gasteiger partial charge >= 0.3 is 0 Å². The Morgan fingerprint density at radius 2 is 1.19 bits per heavy atom. The van der Waals surface area contributed by atoms with Crippen molar-refractivity contribution in [1.82, 2.24) is 0 Å². The fraction of sp³-hybridized carbons (Fsp3) is 0.200. The lowest BCUT2D eigenvalue weighted by molar-refractivity contribution is -0.114. The molecule has 16 heavy (non-hydrogen) atoms. The molecule has 1 aromatic carbocycles. The zero-order valence-corrected chi connectivity index (χ0v) is 12.6. The first-order valence-electron chi connectivity index (χ1n) is 4.47. The van der Waals surface area contributed by atoms with Crippen LogP contribution in [-0.4, -0.2) is 20.7 Å². The second-order valence-electron chi connectivity index (χ2n) is 2.94. The number of halogens is 2. The maximum absolute atomic E-state index is 11.1.